The first-order chi connectivity index (χ1) is 17.4. The molecule has 8 nitrogen and oxygen atoms in total. The van der Waals surface area contributed by atoms with E-state index in [4.69, 9.17) is 4.74 Å². The number of anilines is 2. The van der Waals surface area contributed by atoms with Crippen LogP contribution in [-0.4, -0.2) is 27.8 Å². The predicted octanol–water partition coefficient (Wildman–Crippen LogP) is 4.55. The molecule has 2 N–H and O–H groups in total. The summed E-state index contributed by atoms with van der Waals surface area (Å²) in [5.41, 5.74) is 2.36. The molecule has 0 spiro atoms. The number of hydrogen-bond donors (Lipinski definition) is 2. The van der Waals surface area contributed by atoms with Crippen molar-refractivity contribution in [3.63, 3.8) is 0 Å². The highest BCUT2D eigenvalue weighted by Gasteiger charge is 2.19. The van der Waals surface area contributed by atoms with Crippen LogP contribution in [0.3, 0.4) is 0 Å². The van der Waals surface area contributed by atoms with E-state index in [1.165, 1.54) is 4.68 Å². The molecule has 1 aromatic heterocycles. The molecule has 0 atom stereocenters. The van der Waals surface area contributed by atoms with E-state index in [1.54, 1.807) is 73.3 Å². The molecule has 0 unspecified atom stereocenters. The monoisotopic (exact) mass is 482 g/mol. The second kappa shape index (κ2) is 10.6. The van der Waals surface area contributed by atoms with E-state index in [0.29, 0.717) is 40.6 Å². The van der Waals surface area contributed by atoms with Gasteiger partial charge in [0.15, 0.2) is 0 Å². The fourth-order valence-corrected chi connectivity index (χ4v) is 3.70. The average Bonchev–Trinajstić information content (AvgIpc) is 3.11. The van der Waals surface area contributed by atoms with Crippen LogP contribution in [0.2, 0.25) is 0 Å². The van der Waals surface area contributed by atoms with Crippen molar-refractivity contribution >= 4 is 23.2 Å². The number of benzene rings is 3. The molecule has 182 valence electrons. The molecule has 0 saturated heterocycles. The topological polar surface area (TPSA) is 94.4 Å². The van der Waals surface area contributed by atoms with E-state index in [-0.39, 0.29) is 17.2 Å². The van der Waals surface area contributed by atoms with Crippen molar-refractivity contribution in [3.05, 3.63) is 119 Å². The third-order valence-electron chi connectivity index (χ3n) is 5.66. The minimum atomic E-state index is -0.458. The fourth-order valence-electron chi connectivity index (χ4n) is 3.70. The zero-order valence-electron chi connectivity index (χ0n) is 20.0. The Kier molecular flexibility index (Phi) is 7.15. The highest BCUT2D eigenvalue weighted by atomic mass is 16.5. The van der Waals surface area contributed by atoms with Crippen LogP contribution in [-0.2, 0) is 7.05 Å². The van der Waals surface area contributed by atoms with E-state index in [2.05, 4.69) is 17.2 Å². The molecule has 2 amide bonds. The largest absolute Gasteiger partial charge is 0.490 e. The molecule has 4 aromatic rings. The highest BCUT2D eigenvalue weighted by molar-refractivity contribution is 6.07. The summed E-state index contributed by atoms with van der Waals surface area (Å²) in [6.45, 7) is 5.74. The van der Waals surface area contributed by atoms with Crippen molar-refractivity contribution in [2.24, 2.45) is 7.05 Å². The molecule has 0 aliphatic carbocycles. The van der Waals surface area contributed by atoms with Gasteiger partial charge >= 0.3 is 0 Å². The number of rotatable bonds is 8. The number of amides is 2. The molecule has 3 aromatic carbocycles. The lowest BCUT2D eigenvalue weighted by molar-refractivity contribution is 0.101. The fraction of sp³-hybridized carbons (Fsp3) is 0.107. The summed E-state index contributed by atoms with van der Waals surface area (Å²) in [5.74, 6) is -0.152. The van der Waals surface area contributed by atoms with Gasteiger partial charge in [-0.05, 0) is 61.5 Å². The van der Waals surface area contributed by atoms with E-state index < -0.39 is 5.91 Å². The lowest BCUT2D eigenvalue weighted by atomic mass is 10.1. The van der Waals surface area contributed by atoms with Gasteiger partial charge < -0.3 is 15.4 Å². The molecular formula is C28H26N4O4. The Morgan fingerprint density at radius 2 is 1.61 bits per heavy atom. The van der Waals surface area contributed by atoms with Gasteiger partial charge in [-0.25, -0.2) is 4.68 Å². The summed E-state index contributed by atoms with van der Waals surface area (Å²) in [6, 6.07) is 22.4. The quantitative estimate of drug-likeness (QED) is 0.360. The Morgan fingerprint density at radius 1 is 0.917 bits per heavy atom. The summed E-state index contributed by atoms with van der Waals surface area (Å²) >= 11 is 0. The maximum absolute atomic E-state index is 13.1. The van der Waals surface area contributed by atoms with Crippen molar-refractivity contribution in [2.45, 2.75) is 6.92 Å². The highest BCUT2D eigenvalue weighted by Crippen LogP contribution is 2.18. The summed E-state index contributed by atoms with van der Waals surface area (Å²) in [4.78, 5) is 38.8. The number of nitrogens with zero attached hydrogens (tertiary/aromatic N) is 2. The van der Waals surface area contributed by atoms with Crippen LogP contribution >= 0.6 is 0 Å². The zero-order chi connectivity index (χ0) is 25.7. The van der Waals surface area contributed by atoms with Crippen LogP contribution in [0.5, 0.6) is 5.75 Å². The van der Waals surface area contributed by atoms with Crippen LogP contribution < -0.4 is 20.9 Å². The minimum Gasteiger partial charge on any atom is -0.490 e. The Labute approximate surface area is 208 Å². The molecule has 0 fully saturated rings. The normalized spacial score (nSPS) is 10.5. The van der Waals surface area contributed by atoms with Crippen LogP contribution in [0.1, 0.15) is 26.4 Å². The first-order valence-corrected chi connectivity index (χ1v) is 11.3. The van der Waals surface area contributed by atoms with Gasteiger partial charge in [0.25, 0.3) is 17.4 Å². The lowest BCUT2D eigenvalue weighted by Crippen LogP contribution is -2.23. The van der Waals surface area contributed by atoms with Gasteiger partial charge in [-0.3, -0.25) is 19.1 Å². The SMILES string of the molecule is C=CCOc1ccc(C(=O)Nc2cccc(C(=O)Nc3c(C)n(C)n(-c4ccccc4)c3=O)c2)cc1. The van der Waals surface area contributed by atoms with E-state index >= 15 is 0 Å². The van der Waals surface area contributed by atoms with Crippen LogP contribution in [0.4, 0.5) is 11.4 Å². The Hall–Kier alpha value is -4.85. The molecule has 0 saturated carbocycles. The van der Waals surface area contributed by atoms with Crippen molar-refractivity contribution in [3.8, 4) is 11.4 Å². The van der Waals surface area contributed by atoms with Gasteiger partial charge in [0.05, 0.1) is 11.4 Å². The summed E-state index contributed by atoms with van der Waals surface area (Å²) in [6.07, 6.45) is 1.64. The second-order valence-corrected chi connectivity index (χ2v) is 8.05. The standard InChI is InChI=1S/C28H26N4O4/c1-4-17-36-24-15-13-20(14-16-24)26(33)29-22-10-8-9-21(18-22)27(34)30-25-19(2)31(3)32(28(25)35)23-11-6-5-7-12-23/h4-16,18H,1,17H2,2-3H3,(H,29,33)(H,30,34). The molecule has 4 rings (SSSR count). The van der Waals surface area contributed by atoms with Gasteiger partial charge in [-0.1, -0.05) is 36.9 Å². The van der Waals surface area contributed by atoms with Gasteiger partial charge in [0.1, 0.15) is 18.0 Å². The summed E-state index contributed by atoms with van der Waals surface area (Å²) in [7, 11) is 1.76. The van der Waals surface area contributed by atoms with Crippen molar-refractivity contribution in [1.82, 2.24) is 9.36 Å². The average molecular weight is 483 g/mol. The molecule has 36 heavy (non-hydrogen) atoms. The number of carbonyl (C=O) groups excluding carboxylic acids is 2. The Morgan fingerprint density at radius 3 is 2.31 bits per heavy atom. The van der Waals surface area contributed by atoms with Crippen molar-refractivity contribution in [2.75, 3.05) is 17.2 Å². The Balaban J connectivity index is 1.50. The van der Waals surface area contributed by atoms with Gasteiger partial charge in [0, 0.05) is 23.9 Å². The molecule has 0 aliphatic heterocycles. The number of aromatic nitrogens is 2. The van der Waals surface area contributed by atoms with E-state index in [0.717, 1.165) is 0 Å². The zero-order valence-corrected chi connectivity index (χ0v) is 20.0. The first kappa shape index (κ1) is 24.3. The summed E-state index contributed by atoms with van der Waals surface area (Å²) < 4.78 is 8.62. The smallest absolute Gasteiger partial charge is 0.295 e. The lowest BCUT2D eigenvalue weighted by Gasteiger charge is -2.09. The Bertz CT molecular complexity index is 1470. The van der Waals surface area contributed by atoms with Gasteiger partial charge in [-0.15, -0.1) is 0 Å². The number of nitrogens with one attached hydrogen (secondary N) is 2. The molecule has 0 radical (unpaired) electrons. The third kappa shape index (κ3) is 5.12. The number of hydrogen-bond acceptors (Lipinski definition) is 4. The van der Waals surface area contributed by atoms with Crippen LogP contribution in [0, 0.1) is 6.92 Å². The molecule has 1 heterocycles. The number of para-hydroxylation sites is 1. The number of carbonyl (C=O) groups is 2. The minimum absolute atomic E-state index is 0.194. The molecule has 8 heteroatoms. The second-order valence-electron chi connectivity index (χ2n) is 8.05. The molecular weight excluding hydrogens is 456 g/mol. The molecule has 0 aliphatic rings. The predicted molar refractivity (Wildman–Crippen MR) is 140 cm³/mol. The van der Waals surface area contributed by atoms with E-state index in [1.807, 2.05) is 30.3 Å². The van der Waals surface area contributed by atoms with E-state index in [9.17, 15) is 14.4 Å². The molecule has 0 bridgehead atoms. The van der Waals surface area contributed by atoms with Gasteiger partial charge in [0.2, 0.25) is 0 Å². The number of ether oxygens (including phenoxy) is 1. The van der Waals surface area contributed by atoms with Crippen molar-refractivity contribution < 1.29 is 14.3 Å². The summed E-state index contributed by atoms with van der Waals surface area (Å²) in [5, 5.41) is 5.53. The maximum atomic E-state index is 13.1. The van der Waals surface area contributed by atoms with Gasteiger partial charge in [-0.2, -0.15) is 0 Å². The van der Waals surface area contributed by atoms with Crippen LogP contribution in [0.15, 0.2) is 96.3 Å². The van der Waals surface area contributed by atoms with Crippen LogP contribution in [0.25, 0.3) is 5.69 Å². The first-order valence-electron chi connectivity index (χ1n) is 11.3. The maximum Gasteiger partial charge on any atom is 0.295 e. The third-order valence-corrected chi connectivity index (χ3v) is 5.66. The van der Waals surface area contributed by atoms with Crippen molar-refractivity contribution in [1.29, 1.82) is 0 Å².